The van der Waals surface area contributed by atoms with Gasteiger partial charge in [-0.1, -0.05) is 43.7 Å². The number of aryl methyl sites for hydroxylation is 2. The minimum atomic E-state index is -0.997. The first-order chi connectivity index (χ1) is 19.3. The van der Waals surface area contributed by atoms with E-state index in [2.05, 4.69) is 13.8 Å². The molecule has 2 aliphatic rings. The molecule has 1 aromatic carbocycles. The predicted octanol–water partition coefficient (Wildman–Crippen LogP) is 4.45. The fraction of sp³-hybridized carbons (Fsp3) is 0.562. The van der Waals surface area contributed by atoms with Gasteiger partial charge < -0.3 is 19.6 Å². The summed E-state index contributed by atoms with van der Waals surface area (Å²) in [4.78, 5) is 48.7. The van der Waals surface area contributed by atoms with Crippen molar-refractivity contribution < 1.29 is 24.2 Å². The Kier molecular flexibility index (Phi) is 9.07. The summed E-state index contributed by atoms with van der Waals surface area (Å²) in [5.41, 5.74) is 5.64. The fourth-order valence-corrected chi connectivity index (χ4v) is 5.79. The number of hydrogen-bond acceptors (Lipinski definition) is 5. The Morgan fingerprint density at radius 3 is 2.41 bits per heavy atom. The summed E-state index contributed by atoms with van der Waals surface area (Å²) in [5, 5.41) is 10.2. The van der Waals surface area contributed by atoms with Crippen LogP contribution in [0.3, 0.4) is 0 Å². The lowest BCUT2D eigenvalue weighted by molar-refractivity contribution is -0.156. The van der Waals surface area contributed by atoms with Gasteiger partial charge in [0.25, 0.3) is 0 Å². The van der Waals surface area contributed by atoms with Crippen molar-refractivity contribution in [3.8, 4) is 11.1 Å². The van der Waals surface area contributed by atoms with Gasteiger partial charge in [-0.3, -0.25) is 19.5 Å². The Balaban J connectivity index is 1.81. The average molecular weight is 565 g/mol. The van der Waals surface area contributed by atoms with Crippen LogP contribution in [0.4, 0.5) is 4.79 Å². The number of aromatic nitrogens is 1. The topological polar surface area (TPSA) is 103 Å². The molecule has 1 aromatic heterocycles. The minimum Gasteiger partial charge on any atom is -0.465 e. The van der Waals surface area contributed by atoms with E-state index < -0.39 is 11.6 Å². The van der Waals surface area contributed by atoms with Crippen LogP contribution >= 0.6 is 0 Å². The van der Waals surface area contributed by atoms with E-state index in [1.165, 1.54) is 4.90 Å². The van der Waals surface area contributed by atoms with Crippen LogP contribution in [0, 0.1) is 19.8 Å². The Labute approximate surface area is 243 Å². The van der Waals surface area contributed by atoms with Crippen LogP contribution < -0.4 is 0 Å². The number of piperazine rings is 1. The molecule has 41 heavy (non-hydrogen) atoms. The van der Waals surface area contributed by atoms with E-state index in [4.69, 9.17) is 9.72 Å². The molecule has 222 valence electrons. The molecule has 0 saturated carbocycles. The average Bonchev–Trinajstić information content (AvgIpc) is 2.88. The first-order valence-electron chi connectivity index (χ1n) is 14.5. The summed E-state index contributed by atoms with van der Waals surface area (Å²) in [6.45, 7) is 16.0. The molecule has 1 N–H and O–H groups in total. The van der Waals surface area contributed by atoms with Gasteiger partial charge in [-0.2, -0.15) is 0 Å². The van der Waals surface area contributed by atoms with Crippen LogP contribution in [0.25, 0.3) is 11.1 Å². The number of ether oxygens (including phenoxy) is 1. The molecule has 0 aliphatic carbocycles. The molecule has 1 atom stereocenters. The quantitative estimate of drug-likeness (QED) is 0.533. The normalized spacial score (nSPS) is 17.6. The highest BCUT2D eigenvalue weighted by Crippen LogP contribution is 2.35. The molecule has 2 fully saturated rings. The maximum absolute atomic E-state index is 13.8. The van der Waals surface area contributed by atoms with Crippen LogP contribution in [-0.4, -0.2) is 87.1 Å². The summed E-state index contributed by atoms with van der Waals surface area (Å²) in [6, 6.07) is 8.05. The van der Waals surface area contributed by atoms with Gasteiger partial charge in [0.1, 0.15) is 6.61 Å². The lowest BCUT2D eigenvalue weighted by Crippen LogP contribution is -2.61. The first-order valence-corrected chi connectivity index (χ1v) is 14.5. The van der Waals surface area contributed by atoms with Crippen molar-refractivity contribution in [1.29, 1.82) is 0 Å². The summed E-state index contributed by atoms with van der Waals surface area (Å²) < 4.78 is 5.46. The number of nitrogens with zero attached hydrogens (tertiary/aromatic N) is 4. The molecule has 2 saturated heterocycles. The van der Waals surface area contributed by atoms with E-state index in [1.54, 1.807) is 0 Å². The zero-order valence-electron chi connectivity index (χ0n) is 25.5. The van der Waals surface area contributed by atoms with Crippen molar-refractivity contribution in [3.63, 3.8) is 0 Å². The summed E-state index contributed by atoms with van der Waals surface area (Å²) in [6.07, 6.45) is -0.164. The van der Waals surface area contributed by atoms with Crippen molar-refractivity contribution in [1.82, 2.24) is 19.7 Å². The third-order valence-electron chi connectivity index (χ3n) is 8.01. The van der Waals surface area contributed by atoms with Crippen molar-refractivity contribution in [2.45, 2.75) is 79.4 Å². The number of carbonyl (C=O) groups excluding carboxylic acids is 2. The summed E-state index contributed by atoms with van der Waals surface area (Å²) in [5.74, 6) is 0.250. The number of pyridine rings is 1. The Bertz CT molecular complexity index is 1300. The largest absolute Gasteiger partial charge is 0.465 e. The second kappa shape index (κ2) is 12.2. The van der Waals surface area contributed by atoms with E-state index in [-0.39, 0.29) is 37.4 Å². The molecule has 9 nitrogen and oxygen atoms in total. The standard InChI is InChI=1S/C32H44N4O5/c1-20(2)14-27-26(17-36(31(39)40)32(5,6)7)30(23-10-8-21(3)9-11-23)25(22(4)33-27)15-28(37)34-12-13-35-24(16-34)18-41-19-29(35)38/h8-11,20,24H,12-19H2,1-7H3,(H,39,40). The van der Waals surface area contributed by atoms with Gasteiger partial charge in [-0.25, -0.2) is 4.79 Å². The predicted molar refractivity (Wildman–Crippen MR) is 158 cm³/mol. The number of carbonyl (C=O) groups is 3. The third kappa shape index (κ3) is 6.89. The van der Waals surface area contributed by atoms with E-state index in [9.17, 15) is 19.5 Å². The van der Waals surface area contributed by atoms with Crippen LogP contribution in [0.15, 0.2) is 24.3 Å². The zero-order valence-corrected chi connectivity index (χ0v) is 25.5. The summed E-state index contributed by atoms with van der Waals surface area (Å²) in [7, 11) is 0. The third-order valence-corrected chi connectivity index (χ3v) is 8.01. The van der Waals surface area contributed by atoms with Crippen molar-refractivity contribution in [2.24, 2.45) is 5.92 Å². The van der Waals surface area contributed by atoms with Gasteiger partial charge in [0.05, 0.1) is 25.6 Å². The molecular weight excluding hydrogens is 520 g/mol. The zero-order chi connectivity index (χ0) is 30.1. The molecule has 4 rings (SSSR count). The Hall–Kier alpha value is -3.46. The van der Waals surface area contributed by atoms with Crippen LogP contribution in [-0.2, 0) is 33.7 Å². The van der Waals surface area contributed by atoms with E-state index in [1.807, 2.05) is 68.7 Å². The number of amides is 3. The Morgan fingerprint density at radius 1 is 1.12 bits per heavy atom. The molecule has 0 spiro atoms. The number of morpholine rings is 1. The lowest BCUT2D eigenvalue weighted by atomic mass is 9.87. The molecule has 9 heteroatoms. The highest BCUT2D eigenvalue weighted by atomic mass is 16.5. The number of carboxylic acid groups (broad SMARTS) is 1. The van der Waals surface area contributed by atoms with Crippen LogP contribution in [0.2, 0.25) is 0 Å². The van der Waals surface area contributed by atoms with Gasteiger partial charge in [0.2, 0.25) is 11.8 Å². The summed E-state index contributed by atoms with van der Waals surface area (Å²) >= 11 is 0. The molecule has 1 unspecified atom stereocenters. The van der Waals surface area contributed by atoms with Gasteiger partial charge >= 0.3 is 6.09 Å². The monoisotopic (exact) mass is 564 g/mol. The first kappa shape index (κ1) is 30.5. The van der Waals surface area contributed by atoms with Crippen LogP contribution in [0.5, 0.6) is 0 Å². The molecule has 0 bridgehead atoms. The van der Waals surface area contributed by atoms with Gasteiger partial charge in [-0.15, -0.1) is 0 Å². The maximum Gasteiger partial charge on any atom is 0.408 e. The number of benzene rings is 1. The number of hydrogen-bond donors (Lipinski definition) is 1. The second-order valence-electron chi connectivity index (χ2n) is 12.8. The number of fused-ring (bicyclic) bond motifs is 1. The Morgan fingerprint density at radius 2 is 1.80 bits per heavy atom. The molecule has 0 radical (unpaired) electrons. The van der Waals surface area contributed by atoms with Crippen molar-refractivity contribution in [3.05, 3.63) is 52.3 Å². The molecule has 2 aromatic rings. The van der Waals surface area contributed by atoms with Gasteiger partial charge in [0, 0.05) is 42.1 Å². The highest BCUT2D eigenvalue weighted by molar-refractivity contribution is 5.85. The minimum absolute atomic E-state index is 0.0257. The SMILES string of the molecule is Cc1ccc(-c2c(CC(=O)N3CCN4C(=O)COCC4C3)c(C)nc(CC(C)C)c2CN(C(=O)O)C(C)(C)C)cc1. The highest BCUT2D eigenvalue weighted by Gasteiger charge is 2.36. The van der Waals surface area contributed by atoms with Gasteiger partial charge in [0.15, 0.2) is 0 Å². The van der Waals surface area contributed by atoms with Gasteiger partial charge in [-0.05, 0) is 63.6 Å². The van der Waals surface area contributed by atoms with Crippen molar-refractivity contribution in [2.75, 3.05) is 32.8 Å². The smallest absolute Gasteiger partial charge is 0.408 e. The fourth-order valence-electron chi connectivity index (χ4n) is 5.79. The molecule has 3 amide bonds. The second-order valence-corrected chi connectivity index (χ2v) is 12.8. The molecule has 2 aliphatic heterocycles. The van der Waals surface area contributed by atoms with Crippen molar-refractivity contribution >= 4 is 17.9 Å². The lowest BCUT2D eigenvalue weighted by Gasteiger charge is -2.43. The van der Waals surface area contributed by atoms with E-state index >= 15 is 0 Å². The van der Waals surface area contributed by atoms with Crippen LogP contribution in [0.1, 0.15) is 62.7 Å². The maximum atomic E-state index is 13.8. The van der Waals surface area contributed by atoms with E-state index in [0.717, 1.165) is 39.2 Å². The molecule has 3 heterocycles. The molecular formula is C32H44N4O5. The van der Waals surface area contributed by atoms with E-state index in [0.29, 0.717) is 38.6 Å². The number of rotatable bonds is 7.